The molecule has 0 unspecified atom stereocenters. The Labute approximate surface area is 93.0 Å². The predicted octanol–water partition coefficient (Wildman–Crippen LogP) is 2.38. The Morgan fingerprint density at radius 2 is 2.27 bits per heavy atom. The first-order valence-corrected chi connectivity index (χ1v) is 5.75. The maximum atomic E-state index is 5.54. The minimum absolute atomic E-state index is 0.693. The van der Waals surface area contributed by atoms with Crippen LogP contribution >= 0.6 is 11.3 Å². The SMILES string of the molecule is Nc1ccc(NCCc2ccsc2)nc1. The van der Waals surface area contributed by atoms with Crippen molar-refractivity contribution in [2.24, 2.45) is 0 Å². The van der Waals surface area contributed by atoms with Crippen LogP contribution in [0, 0.1) is 0 Å². The number of aromatic nitrogens is 1. The van der Waals surface area contributed by atoms with Crippen molar-refractivity contribution >= 4 is 22.8 Å². The molecule has 2 aromatic heterocycles. The number of anilines is 2. The Kier molecular flexibility index (Phi) is 3.19. The fourth-order valence-electron chi connectivity index (χ4n) is 1.28. The van der Waals surface area contributed by atoms with Gasteiger partial charge in [0, 0.05) is 6.54 Å². The third kappa shape index (κ3) is 2.95. The molecule has 0 spiro atoms. The van der Waals surface area contributed by atoms with Crippen molar-refractivity contribution in [3.8, 4) is 0 Å². The first kappa shape index (κ1) is 9.98. The van der Waals surface area contributed by atoms with Gasteiger partial charge in [0.2, 0.25) is 0 Å². The van der Waals surface area contributed by atoms with Gasteiger partial charge in [-0.1, -0.05) is 0 Å². The second-order valence-electron chi connectivity index (χ2n) is 3.29. The van der Waals surface area contributed by atoms with Crippen LogP contribution in [0.5, 0.6) is 0 Å². The summed E-state index contributed by atoms with van der Waals surface area (Å²) in [6.07, 6.45) is 2.68. The van der Waals surface area contributed by atoms with Gasteiger partial charge in [0.25, 0.3) is 0 Å². The lowest BCUT2D eigenvalue weighted by Crippen LogP contribution is -2.05. The number of nitrogens with two attached hydrogens (primary N) is 1. The van der Waals surface area contributed by atoms with Crippen LogP contribution in [-0.2, 0) is 6.42 Å². The summed E-state index contributed by atoms with van der Waals surface area (Å²) in [5, 5.41) is 7.51. The van der Waals surface area contributed by atoms with Crippen molar-refractivity contribution in [3.05, 3.63) is 40.7 Å². The average Bonchev–Trinajstić information content (AvgIpc) is 2.74. The van der Waals surface area contributed by atoms with Crippen LogP contribution in [0.4, 0.5) is 11.5 Å². The standard InChI is InChI=1S/C11H13N3S/c12-10-1-2-11(14-7-10)13-5-3-9-4-6-15-8-9/h1-2,4,6-8H,3,5,12H2,(H,13,14). The molecular formula is C11H13N3S. The summed E-state index contributed by atoms with van der Waals surface area (Å²) >= 11 is 1.73. The van der Waals surface area contributed by atoms with Crippen LogP contribution < -0.4 is 11.1 Å². The smallest absolute Gasteiger partial charge is 0.126 e. The van der Waals surface area contributed by atoms with Crippen LogP contribution in [-0.4, -0.2) is 11.5 Å². The van der Waals surface area contributed by atoms with E-state index in [-0.39, 0.29) is 0 Å². The molecule has 2 aromatic rings. The van der Waals surface area contributed by atoms with Crippen molar-refractivity contribution < 1.29 is 0 Å². The summed E-state index contributed by atoms with van der Waals surface area (Å²) in [5.74, 6) is 0.874. The molecule has 78 valence electrons. The van der Waals surface area contributed by atoms with E-state index >= 15 is 0 Å². The lowest BCUT2D eigenvalue weighted by Gasteiger charge is -2.04. The maximum Gasteiger partial charge on any atom is 0.126 e. The van der Waals surface area contributed by atoms with Crippen molar-refractivity contribution in [2.75, 3.05) is 17.6 Å². The minimum Gasteiger partial charge on any atom is -0.397 e. The minimum atomic E-state index is 0.693. The molecule has 0 saturated carbocycles. The molecule has 0 aliphatic rings. The van der Waals surface area contributed by atoms with Crippen LogP contribution in [0.2, 0.25) is 0 Å². The largest absolute Gasteiger partial charge is 0.397 e. The molecule has 0 radical (unpaired) electrons. The zero-order valence-electron chi connectivity index (χ0n) is 8.31. The number of thiophene rings is 1. The molecule has 3 N–H and O–H groups in total. The highest BCUT2D eigenvalue weighted by Crippen LogP contribution is 2.08. The summed E-state index contributed by atoms with van der Waals surface area (Å²) in [4.78, 5) is 4.16. The van der Waals surface area contributed by atoms with E-state index < -0.39 is 0 Å². The zero-order chi connectivity index (χ0) is 10.5. The molecule has 0 atom stereocenters. The Morgan fingerprint density at radius 1 is 1.33 bits per heavy atom. The van der Waals surface area contributed by atoms with Crippen LogP contribution in [0.25, 0.3) is 0 Å². The molecule has 0 aliphatic carbocycles. The number of hydrogen-bond acceptors (Lipinski definition) is 4. The first-order chi connectivity index (χ1) is 7.34. The molecule has 0 aliphatic heterocycles. The molecule has 0 aromatic carbocycles. The Morgan fingerprint density at radius 3 is 2.93 bits per heavy atom. The highest BCUT2D eigenvalue weighted by molar-refractivity contribution is 7.07. The molecule has 0 fully saturated rings. The molecule has 4 heteroatoms. The van der Waals surface area contributed by atoms with E-state index in [0.717, 1.165) is 18.8 Å². The van der Waals surface area contributed by atoms with E-state index in [2.05, 4.69) is 27.1 Å². The van der Waals surface area contributed by atoms with Gasteiger partial charge in [-0.15, -0.1) is 0 Å². The van der Waals surface area contributed by atoms with Crippen molar-refractivity contribution in [1.29, 1.82) is 0 Å². The highest BCUT2D eigenvalue weighted by atomic mass is 32.1. The third-order valence-electron chi connectivity index (χ3n) is 2.09. The van der Waals surface area contributed by atoms with Crippen molar-refractivity contribution in [3.63, 3.8) is 0 Å². The first-order valence-electron chi connectivity index (χ1n) is 4.81. The fraction of sp³-hybridized carbons (Fsp3) is 0.182. The van der Waals surface area contributed by atoms with Gasteiger partial charge in [-0.2, -0.15) is 11.3 Å². The van der Waals surface area contributed by atoms with Gasteiger partial charge in [0.05, 0.1) is 11.9 Å². The summed E-state index contributed by atoms with van der Waals surface area (Å²) < 4.78 is 0. The lowest BCUT2D eigenvalue weighted by atomic mass is 10.2. The molecular weight excluding hydrogens is 206 g/mol. The highest BCUT2D eigenvalue weighted by Gasteiger charge is 1.95. The van der Waals surface area contributed by atoms with Gasteiger partial charge in [-0.05, 0) is 40.9 Å². The summed E-state index contributed by atoms with van der Waals surface area (Å²) in [7, 11) is 0. The van der Waals surface area contributed by atoms with Gasteiger partial charge >= 0.3 is 0 Å². The molecule has 0 amide bonds. The quantitative estimate of drug-likeness (QED) is 0.830. The summed E-state index contributed by atoms with van der Waals surface area (Å²) in [6, 6.07) is 5.88. The number of nitrogen functional groups attached to an aromatic ring is 1. The van der Waals surface area contributed by atoms with Gasteiger partial charge in [0.15, 0.2) is 0 Å². The molecule has 2 heterocycles. The number of rotatable bonds is 4. The molecule has 0 bridgehead atoms. The van der Waals surface area contributed by atoms with E-state index in [4.69, 9.17) is 5.73 Å². The zero-order valence-corrected chi connectivity index (χ0v) is 9.13. The fourth-order valence-corrected chi connectivity index (χ4v) is 1.98. The van der Waals surface area contributed by atoms with E-state index in [1.807, 2.05) is 12.1 Å². The normalized spacial score (nSPS) is 10.1. The van der Waals surface area contributed by atoms with E-state index in [1.165, 1.54) is 5.56 Å². The number of nitrogens with zero attached hydrogens (tertiary/aromatic N) is 1. The molecule has 0 saturated heterocycles. The summed E-state index contributed by atoms with van der Waals surface area (Å²) in [5.41, 5.74) is 7.60. The second-order valence-corrected chi connectivity index (χ2v) is 4.07. The Balaban J connectivity index is 1.81. The lowest BCUT2D eigenvalue weighted by molar-refractivity contribution is 1.01. The van der Waals surface area contributed by atoms with Crippen molar-refractivity contribution in [1.82, 2.24) is 4.98 Å². The second kappa shape index (κ2) is 4.79. The van der Waals surface area contributed by atoms with Gasteiger partial charge in [-0.25, -0.2) is 4.98 Å². The number of hydrogen-bond donors (Lipinski definition) is 2. The number of nitrogens with one attached hydrogen (secondary N) is 1. The number of pyridine rings is 1. The van der Waals surface area contributed by atoms with Gasteiger partial charge < -0.3 is 11.1 Å². The van der Waals surface area contributed by atoms with Crippen molar-refractivity contribution in [2.45, 2.75) is 6.42 Å². The van der Waals surface area contributed by atoms with Gasteiger partial charge in [0.1, 0.15) is 5.82 Å². The molecule has 3 nitrogen and oxygen atoms in total. The Hall–Kier alpha value is -1.55. The monoisotopic (exact) mass is 219 g/mol. The van der Waals surface area contributed by atoms with E-state index in [1.54, 1.807) is 17.5 Å². The predicted molar refractivity (Wildman–Crippen MR) is 65.2 cm³/mol. The van der Waals surface area contributed by atoms with E-state index in [0.29, 0.717) is 5.69 Å². The summed E-state index contributed by atoms with van der Waals surface area (Å²) in [6.45, 7) is 0.896. The molecule has 2 rings (SSSR count). The molecule has 15 heavy (non-hydrogen) atoms. The average molecular weight is 219 g/mol. The maximum absolute atomic E-state index is 5.54. The topological polar surface area (TPSA) is 50.9 Å². The third-order valence-corrected chi connectivity index (χ3v) is 2.82. The van der Waals surface area contributed by atoms with Crippen LogP contribution in [0.15, 0.2) is 35.2 Å². The van der Waals surface area contributed by atoms with E-state index in [9.17, 15) is 0 Å². The van der Waals surface area contributed by atoms with Gasteiger partial charge in [-0.3, -0.25) is 0 Å². The van der Waals surface area contributed by atoms with Crippen LogP contribution in [0.3, 0.4) is 0 Å². The van der Waals surface area contributed by atoms with Crippen LogP contribution in [0.1, 0.15) is 5.56 Å². The Bertz CT molecular complexity index is 394.